The average Bonchev–Trinajstić information content (AvgIpc) is 2.24. The minimum atomic E-state index is 0.566. The van der Waals surface area contributed by atoms with Gasteiger partial charge in [-0.1, -0.05) is 28.9 Å². The fraction of sp³-hybridized carbons (Fsp3) is 0.500. The Bertz CT molecular complexity index is 291. The Kier molecular flexibility index (Phi) is 5.73. The molecule has 0 unspecified atom stereocenters. The van der Waals surface area contributed by atoms with Crippen LogP contribution in [0.5, 0.6) is 5.75 Å². The zero-order valence-corrected chi connectivity index (χ0v) is 10.9. The van der Waals surface area contributed by atoms with Gasteiger partial charge in [-0.2, -0.15) is 0 Å². The zero-order chi connectivity index (χ0) is 11.1. The lowest BCUT2D eigenvalue weighted by Gasteiger charge is -2.11. The molecule has 1 aromatic rings. The first-order valence-electron chi connectivity index (χ1n) is 5.34. The zero-order valence-electron chi connectivity index (χ0n) is 9.29. The monoisotopic (exact) mass is 271 g/mol. The summed E-state index contributed by atoms with van der Waals surface area (Å²) in [6, 6.07) is 8.47. The molecule has 2 nitrogen and oxygen atoms in total. The van der Waals surface area contributed by atoms with Gasteiger partial charge in [0, 0.05) is 17.1 Å². The molecule has 0 aliphatic carbocycles. The molecule has 0 aliphatic rings. The number of benzene rings is 1. The van der Waals surface area contributed by atoms with E-state index in [4.69, 9.17) is 4.74 Å². The van der Waals surface area contributed by atoms with Crippen LogP contribution in [0.25, 0.3) is 0 Å². The van der Waals surface area contributed by atoms with Gasteiger partial charge in [-0.15, -0.1) is 0 Å². The quantitative estimate of drug-likeness (QED) is 0.803. The van der Waals surface area contributed by atoms with Crippen molar-refractivity contribution in [3.8, 4) is 5.75 Å². The van der Waals surface area contributed by atoms with Crippen molar-refractivity contribution >= 4 is 15.9 Å². The Balaban J connectivity index is 2.20. The second-order valence-corrected chi connectivity index (χ2v) is 4.48. The third kappa shape index (κ3) is 5.19. The highest BCUT2D eigenvalue weighted by Crippen LogP contribution is 2.17. The molecule has 0 spiro atoms. The van der Waals surface area contributed by atoms with E-state index in [1.54, 1.807) is 0 Å². The van der Waals surface area contributed by atoms with Crippen LogP contribution in [0, 0.1) is 0 Å². The molecule has 0 aliphatic heterocycles. The molecule has 0 saturated heterocycles. The maximum absolute atomic E-state index is 5.59. The highest BCUT2D eigenvalue weighted by Gasteiger charge is 1.97. The normalized spacial score (nSPS) is 12.5. The van der Waals surface area contributed by atoms with Crippen molar-refractivity contribution in [2.75, 3.05) is 13.2 Å². The molecule has 84 valence electrons. The van der Waals surface area contributed by atoms with Crippen LogP contribution < -0.4 is 10.1 Å². The summed E-state index contributed by atoms with van der Waals surface area (Å²) in [6.07, 6.45) is 1.15. The molecule has 1 N–H and O–H groups in total. The fourth-order valence-corrected chi connectivity index (χ4v) is 1.55. The summed E-state index contributed by atoms with van der Waals surface area (Å²) in [5.41, 5.74) is 0. The van der Waals surface area contributed by atoms with Crippen molar-refractivity contribution in [3.05, 3.63) is 28.7 Å². The molecular weight excluding hydrogens is 254 g/mol. The van der Waals surface area contributed by atoms with E-state index in [0.717, 1.165) is 23.2 Å². The number of rotatable bonds is 6. The van der Waals surface area contributed by atoms with Crippen molar-refractivity contribution in [1.82, 2.24) is 5.32 Å². The van der Waals surface area contributed by atoms with Gasteiger partial charge in [-0.25, -0.2) is 0 Å². The molecule has 0 bridgehead atoms. The molecule has 15 heavy (non-hydrogen) atoms. The van der Waals surface area contributed by atoms with Crippen molar-refractivity contribution in [1.29, 1.82) is 0 Å². The van der Waals surface area contributed by atoms with Gasteiger partial charge in [0.15, 0.2) is 0 Å². The molecule has 0 fully saturated rings. The minimum absolute atomic E-state index is 0.566. The molecule has 0 amide bonds. The predicted molar refractivity (Wildman–Crippen MR) is 67.4 cm³/mol. The SMILES string of the molecule is CC[C@@H](C)NCCOc1cccc(Br)c1. The van der Waals surface area contributed by atoms with Crippen molar-refractivity contribution in [3.63, 3.8) is 0 Å². The van der Waals surface area contributed by atoms with E-state index in [1.165, 1.54) is 0 Å². The Hall–Kier alpha value is -0.540. The Labute approximate surface area is 100 Å². The summed E-state index contributed by atoms with van der Waals surface area (Å²) in [4.78, 5) is 0. The summed E-state index contributed by atoms with van der Waals surface area (Å²) in [5.74, 6) is 0.912. The van der Waals surface area contributed by atoms with Gasteiger partial charge in [-0.05, 0) is 31.5 Å². The molecule has 1 atom stereocenters. The first kappa shape index (κ1) is 12.5. The van der Waals surface area contributed by atoms with Gasteiger partial charge in [0.2, 0.25) is 0 Å². The number of nitrogens with one attached hydrogen (secondary N) is 1. The summed E-state index contributed by atoms with van der Waals surface area (Å²) >= 11 is 3.41. The molecule has 0 radical (unpaired) electrons. The molecule has 0 aromatic heterocycles. The minimum Gasteiger partial charge on any atom is -0.492 e. The largest absolute Gasteiger partial charge is 0.492 e. The smallest absolute Gasteiger partial charge is 0.120 e. The molecule has 1 rings (SSSR count). The summed E-state index contributed by atoms with van der Waals surface area (Å²) in [5, 5.41) is 3.38. The van der Waals surface area contributed by atoms with Gasteiger partial charge >= 0.3 is 0 Å². The molecule has 0 saturated carbocycles. The van der Waals surface area contributed by atoms with Crippen molar-refractivity contribution in [2.45, 2.75) is 26.3 Å². The van der Waals surface area contributed by atoms with Crippen LogP contribution >= 0.6 is 15.9 Å². The second-order valence-electron chi connectivity index (χ2n) is 3.57. The van der Waals surface area contributed by atoms with Gasteiger partial charge < -0.3 is 10.1 Å². The van der Waals surface area contributed by atoms with Crippen LogP contribution in [0.15, 0.2) is 28.7 Å². The Morgan fingerprint density at radius 2 is 2.27 bits per heavy atom. The van der Waals surface area contributed by atoms with Crippen LogP contribution in [0.3, 0.4) is 0 Å². The number of ether oxygens (including phenoxy) is 1. The average molecular weight is 272 g/mol. The van der Waals surface area contributed by atoms with E-state index in [9.17, 15) is 0 Å². The van der Waals surface area contributed by atoms with E-state index >= 15 is 0 Å². The van der Waals surface area contributed by atoms with Crippen LogP contribution in [0.2, 0.25) is 0 Å². The van der Waals surface area contributed by atoms with E-state index < -0.39 is 0 Å². The second kappa shape index (κ2) is 6.85. The van der Waals surface area contributed by atoms with Crippen molar-refractivity contribution < 1.29 is 4.74 Å². The van der Waals surface area contributed by atoms with Crippen LogP contribution in [0.4, 0.5) is 0 Å². The standard InChI is InChI=1S/C12H18BrNO/c1-3-10(2)14-7-8-15-12-6-4-5-11(13)9-12/h4-6,9-10,14H,3,7-8H2,1-2H3/t10-/m1/s1. The predicted octanol–water partition coefficient (Wildman–Crippen LogP) is 3.22. The van der Waals surface area contributed by atoms with Crippen LogP contribution in [-0.4, -0.2) is 19.2 Å². The maximum Gasteiger partial charge on any atom is 0.120 e. The molecule has 0 heterocycles. The lowest BCUT2D eigenvalue weighted by Crippen LogP contribution is -2.29. The molecular formula is C12H18BrNO. The summed E-state index contributed by atoms with van der Waals surface area (Å²) in [6.45, 7) is 5.95. The van der Waals surface area contributed by atoms with Crippen molar-refractivity contribution in [2.24, 2.45) is 0 Å². The lowest BCUT2D eigenvalue weighted by atomic mass is 10.3. The topological polar surface area (TPSA) is 21.3 Å². The van der Waals surface area contributed by atoms with Crippen LogP contribution in [-0.2, 0) is 0 Å². The number of hydrogen-bond donors (Lipinski definition) is 1. The van der Waals surface area contributed by atoms with Gasteiger partial charge in [0.05, 0.1) is 0 Å². The van der Waals surface area contributed by atoms with Crippen LogP contribution in [0.1, 0.15) is 20.3 Å². The summed E-state index contributed by atoms with van der Waals surface area (Å²) in [7, 11) is 0. The first-order valence-corrected chi connectivity index (χ1v) is 6.13. The maximum atomic E-state index is 5.59. The highest BCUT2D eigenvalue weighted by atomic mass is 79.9. The van der Waals surface area contributed by atoms with E-state index in [-0.39, 0.29) is 0 Å². The highest BCUT2D eigenvalue weighted by molar-refractivity contribution is 9.10. The van der Waals surface area contributed by atoms with E-state index in [0.29, 0.717) is 12.6 Å². The Morgan fingerprint density at radius 1 is 1.47 bits per heavy atom. The fourth-order valence-electron chi connectivity index (χ4n) is 1.18. The van der Waals surface area contributed by atoms with Gasteiger partial charge in [0.1, 0.15) is 12.4 Å². The summed E-state index contributed by atoms with van der Waals surface area (Å²) < 4.78 is 6.64. The third-order valence-electron chi connectivity index (χ3n) is 2.27. The van der Waals surface area contributed by atoms with Gasteiger partial charge in [-0.3, -0.25) is 0 Å². The van der Waals surface area contributed by atoms with E-state index in [1.807, 2.05) is 24.3 Å². The van der Waals surface area contributed by atoms with Gasteiger partial charge in [0.25, 0.3) is 0 Å². The van der Waals surface area contributed by atoms with E-state index in [2.05, 4.69) is 35.1 Å². The third-order valence-corrected chi connectivity index (χ3v) is 2.77. The lowest BCUT2D eigenvalue weighted by molar-refractivity contribution is 0.306. The number of halogens is 1. The first-order chi connectivity index (χ1) is 7.22. The Morgan fingerprint density at radius 3 is 2.93 bits per heavy atom. The number of hydrogen-bond acceptors (Lipinski definition) is 2. The molecule has 1 aromatic carbocycles. The molecule has 3 heteroatoms.